The van der Waals surface area contributed by atoms with Crippen molar-refractivity contribution in [2.24, 2.45) is 0 Å². The highest BCUT2D eigenvalue weighted by Crippen LogP contribution is 2.21. The zero-order valence-corrected chi connectivity index (χ0v) is 11.3. The van der Waals surface area contributed by atoms with Crippen molar-refractivity contribution < 1.29 is 9.90 Å². The molecule has 4 heteroatoms. The molecule has 0 aliphatic heterocycles. The number of thioether (sulfide) groups is 1. The van der Waals surface area contributed by atoms with Gasteiger partial charge in [0.25, 0.3) is 0 Å². The van der Waals surface area contributed by atoms with Gasteiger partial charge in [0, 0.05) is 19.2 Å². The number of aromatic hydroxyl groups is 1. The predicted octanol–water partition coefficient (Wildman–Crippen LogP) is 2.66. The molecule has 1 aromatic rings. The van der Waals surface area contributed by atoms with Gasteiger partial charge in [-0.05, 0) is 30.9 Å². The number of carbonyl (C=O) groups excluding carboxylic acids is 1. The van der Waals surface area contributed by atoms with Gasteiger partial charge in [0.1, 0.15) is 5.75 Å². The molecule has 0 aliphatic rings. The Kier molecular flexibility index (Phi) is 5.35. The molecule has 1 N–H and O–H groups in total. The summed E-state index contributed by atoms with van der Waals surface area (Å²) in [7, 11) is 1.82. The predicted molar refractivity (Wildman–Crippen MR) is 72.3 cm³/mol. The summed E-state index contributed by atoms with van der Waals surface area (Å²) in [6, 6.07) is 7.01. The Morgan fingerprint density at radius 2 is 2.00 bits per heavy atom. The average molecular weight is 253 g/mol. The van der Waals surface area contributed by atoms with Crippen molar-refractivity contribution in [2.45, 2.75) is 19.4 Å². The van der Waals surface area contributed by atoms with Crippen molar-refractivity contribution in [1.29, 1.82) is 0 Å². The number of amides is 1. The fourth-order valence-electron chi connectivity index (χ4n) is 1.56. The molecule has 0 spiro atoms. The zero-order valence-electron chi connectivity index (χ0n) is 10.5. The van der Waals surface area contributed by atoms with Crippen LogP contribution in [0, 0.1) is 0 Å². The van der Waals surface area contributed by atoms with E-state index in [1.54, 1.807) is 28.8 Å². The smallest absolute Gasteiger partial charge is 0.223 e. The summed E-state index contributed by atoms with van der Waals surface area (Å²) < 4.78 is 0. The molecular weight excluding hydrogens is 234 g/mol. The molecule has 1 amide bonds. The van der Waals surface area contributed by atoms with Crippen LogP contribution >= 0.6 is 11.8 Å². The molecule has 0 radical (unpaired) electrons. The molecule has 1 rings (SSSR count). The number of phenols is 1. The number of carbonyl (C=O) groups is 1. The van der Waals surface area contributed by atoms with Gasteiger partial charge in [-0.25, -0.2) is 0 Å². The Labute approximate surface area is 107 Å². The molecule has 1 aromatic carbocycles. The van der Waals surface area contributed by atoms with E-state index < -0.39 is 0 Å². The minimum absolute atomic E-state index is 0.0324. The lowest BCUT2D eigenvalue weighted by atomic mass is 10.1. The van der Waals surface area contributed by atoms with E-state index in [0.29, 0.717) is 6.42 Å². The Bertz CT molecular complexity index is 364. The van der Waals surface area contributed by atoms with Crippen LogP contribution in [-0.4, -0.2) is 35.0 Å². The molecule has 0 aliphatic carbocycles. The second-order valence-electron chi connectivity index (χ2n) is 4.01. The quantitative estimate of drug-likeness (QED) is 0.877. The fraction of sp³-hybridized carbons (Fsp3) is 0.462. The molecule has 1 unspecified atom stereocenters. The summed E-state index contributed by atoms with van der Waals surface area (Å²) in [6.07, 6.45) is 2.57. The van der Waals surface area contributed by atoms with Crippen LogP contribution in [-0.2, 0) is 4.79 Å². The maximum Gasteiger partial charge on any atom is 0.223 e. The molecule has 0 bridgehead atoms. The number of rotatable bonds is 5. The van der Waals surface area contributed by atoms with E-state index in [-0.39, 0.29) is 17.7 Å². The van der Waals surface area contributed by atoms with E-state index in [0.717, 1.165) is 11.3 Å². The van der Waals surface area contributed by atoms with E-state index in [1.807, 2.05) is 32.4 Å². The van der Waals surface area contributed by atoms with E-state index in [4.69, 9.17) is 0 Å². The maximum absolute atomic E-state index is 11.8. The molecule has 0 saturated carbocycles. The lowest BCUT2D eigenvalue weighted by molar-refractivity contribution is -0.131. The van der Waals surface area contributed by atoms with Crippen LogP contribution < -0.4 is 0 Å². The number of nitrogens with zero attached hydrogens (tertiary/aromatic N) is 1. The molecular formula is C13H19NO2S. The molecule has 0 heterocycles. The van der Waals surface area contributed by atoms with Crippen LogP contribution in [0.1, 0.15) is 24.9 Å². The van der Waals surface area contributed by atoms with Gasteiger partial charge in [-0.3, -0.25) is 4.79 Å². The van der Waals surface area contributed by atoms with Gasteiger partial charge in [-0.2, -0.15) is 11.8 Å². The van der Waals surface area contributed by atoms with Gasteiger partial charge in [-0.1, -0.05) is 12.1 Å². The fourth-order valence-corrected chi connectivity index (χ4v) is 1.94. The minimum Gasteiger partial charge on any atom is -0.508 e. The first-order valence-electron chi connectivity index (χ1n) is 5.59. The molecule has 17 heavy (non-hydrogen) atoms. The summed E-state index contributed by atoms with van der Waals surface area (Å²) in [5, 5.41) is 9.22. The zero-order chi connectivity index (χ0) is 12.8. The second kappa shape index (κ2) is 6.55. The van der Waals surface area contributed by atoms with Gasteiger partial charge in [0.2, 0.25) is 5.91 Å². The first kappa shape index (κ1) is 13.9. The number of hydrogen-bond acceptors (Lipinski definition) is 3. The van der Waals surface area contributed by atoms with Crippen molar-refractivity contribution in [3.05, 3.63) is 29.8 Å². The third-order valence-corrected chi connectivity index (χ3v) is 3.48. The number of benzene rings is 1. The van der Waals surface area contributed by atoms with Crippen molar-refractivity contribution >= 4 is 17.7 Å². The lowest BCUT2D eigenvalue weighted by Crippen LogP contribution is -2.29. The second-order valence-corrected chi connectivity index (χ2v) is 5.00. The molecule has 0 fully saturated rings. The van der Waals surface area contributed by atoms with Gasteiger partial charge in [0.05, 0.1) is 6.04 Å². The average Bonchev–Trinajstić information content (AvgIpc) is 2.35. The standard InChI is InChI=1S/C13H19NO2S/c1-10(11-4-6-12(15)7-5-11)14(2)13(16)8-9-17-3/h4-7,10,15H,8-9H2,1-3H3. The van der Waals surface area contributed by atoms with Gasteiger partial charge in [0.15, 0.2) is 0 Å². The first-order chi connectivity index (χ1) is 8.06. The van der Waals surface area contributed by atoms with Crippen molar-refractivity contribution in [2.75, 3.05) is 19.1 Å². The van der Waals surface area contributed by atoms with E-state index in [9.17, 15) is 9.90 Å². The normalized spacial score (nSPS) is 12.2. The van der Waals surface area contributed by atoms with Crippen LogP contribution in [0.5, 0.6) is 5.75 Å². The molecule has 0 aromatic heterocycles. The minimum atomic E-state index is 0.0324. The summed E-state index contributed by atoms with van der Waals surface area (Å²) in [5.41, 5.74) is 1.03. The number of phenolic OH excluding ortho intramolecular Hbond substituents is 1. The van der Waals surface area contributed by atoms with Gasteiger partial charge >= 0.3 is 0 Å². The van der Waals surface area contributed by atoms with Crippen molar-refractivity contribution in [1.82, 2.24) is 4.90 Å². The van der Waals surface area contributed by atoms with Gasteiger partial charge < -0.3 is 10.0 Å². The van der Waals surface area contributed by atoms with E-state index in [1.165, 1.54) is 0 Å². The lowest BCUT2D eigenvalue weighted by Gasteiger charge is -2.25. The molecule has 1 atom stereocenters. The van der Waals surface area contributed by atoms with E-state index in [2.05, 4.69) is 0 Å². The Hall–Kier alpha value is -1.16. The van der Waals surface area contributed by atoms with Crippen LogP contribution in [0.4, 0.5) is 0 Å². The Morgan fingerprint density at radius 1 is 1.41 bits per heavy atom. The van der Waals surface area contributed by atoms with Crippen LogP contribution in [0.15, 0.2) is 24.3 Å². The largest absolute Gasteiger partial charge is 0.508 e. The third kappa shape index (κ3) is 3.97. The van der Waals surface area contributed by atoms with Crippen LogP contribution in [0.2, 0.25) is 0 Å². The molecule has 3 nitrogen and oxygen atoms in total. The van der Waals surface area contributed by atoms with Crippen molar-refractivity contribution in [3.63, 3.8) is 0 Å². The Morgan fingerprint density at radius 3 is 2.53 bits per heavy atom. The monoisotopic (exact) mass is 253 g/mol. The van der Waals surface area contributed by atoms with Crippen LogP contribution in [0.3, 0.4) is 0 Å². The SMILES string of the molecule is CSCCC(=O)N(C)C(C)c1ccc(O)cc1. The topological polar surface area (TPSA) is 40.5 Å². The Balaban J connectivity index is 2.65. The summed E-state index contributed by atoms with van der Waals surface area (Å²) in [6.45, 7) is 1.99. The summed E-state index contributed by atoms with van der Waals surface area (Å²) in [5.74, 6) is 1.25. The highest BCUT2D eigenvalue weighted by molar-refractivity contribution is 7.98. The van der Waals surface area contributed by atoms with E-state index >= 15 is 0 Å². The molecule has 0 saturated heterocycles. The highest BCUT2D eigenvalue weighted by atomic mass is 32.2. The third-order valence-electron chi connectivity index (χ3n) is 2.87. The summed E-state index contributed by atoms with van der Waals surface area (Å²) >= 11 is 1.68. The van der Waals surface area contributed by atoms with Crippen LogP contribution in [0.25, 0.3) is 0 Å². The maximum atomic E-state index is 11.8. The first-order valence-corrected chi connectivity index (χ1v) is 6.99. The number of hydrogen-bond donors (Lipinski definition) is 1. The van der Waals surface area contributed by atoms with Crippen molar-refractivity contribution in [3.8, 4) is 5.75 Å². The van der Waals surface area contributed by atoms with Gasteiger partial charge in [-0.15, -0.1) is 0 Å². The molecule has 94 valence electrons. The highest BCUT2D eigenvalue weighted by Gasteiger charge is 2.16. The summed E-state index contributed by atoms with van der Waals surface area (Å²) in [4.78, 5) is 13.6.